The molecule has 0 fully saturated rings. The van der Waals surface area contributed by atoms with E-state index in [1.807, 2.05) is 21.1 Å². The molecule has 0 radical (unpaired) electrons. The molecule has 10 heteroatoms. The topological polar surface area (TPSA) is 108 Å². The van der Waals surface area contributed by atoms with Crippen LogP contribution < -0.4 is 0 Å². The maximum absolute atomic E-state index is 12.7. The van der Waals surface area contributed by atoms with Crippen molar-refractivity contribution in [1.29, 1.82) is 0 Å². The first-order chi connectivity index (χ1) is 27.0. The van der Waals surface area contributed by atoms with E-state index < -0.39 is 26.5 Å². The van der Waals surface area contributed by atoms with Crippen molar-refractivity contribution in [1.82, 2.24) is 0 Å². The van der Waals surface area contributed by atoms with Crippen LogP contribution >= 0.6 is 7.82 Å². The highest BCUT2D eigenvalue weighted by molar-refractivity contribution is 7.47. The van der Waals surface area contributed by atoms with E-state index >= 15 is 0 Å². The number of rotatable bonds is 40. The molecule has 2 atom stereocenters. The summed E-state index contributed by atoms with van der Waals surface area (Å²) in [6.07, 6.45) is 44.4. The van der Waals surface area contributed by atoms with Gasteiger partial charge in [-0.3, -0.25) is 18.6 Å². The number of carbonyl (C=O) groups excluding carboxylic acids is 2. The number of phosphoric ester groups is 1. The summed E-state index contributed by atoms with van der Waals surface area (Å²) >= 11 is 0. The molecule has 56 heavy (non-hydrogen) atoms. The van der Waals surface area contributed by atoms with Gasteiger partial charge in [-0.2, -0.15) is 0 Å². The maximum Gasteiger partial charge on any atom is 0.472 e. The van der Waals surface area contributed by atoms with Gasteiger partial charge in [0, 0.05) is 12.8 Å². The summed E-state index contributed by atoms with van der Waals surface area (Å²) in [5.74, 6) is -0.835. The van der Waals surface area contributed by atoms with Gasteiger partial charge in [-0.1, -0.05) is 140 Å². The van der Waals surface area contributed by atoms with Crippen LogP contribution in [-0.2, 0) is 32.7 Å². The van der Waals surface area contributed by atoms with Crippen LogP contribution in [0, 0.1) is 0 Å². The highest BCUT2D eigenvalue weighted by atomic mass is 31.2. The van der Waals surface area contributed by atoms with Gasteiger partial charge in [0.25, 0.3) is 0 Å². The Hall–Kier alpha value is -2.03. The molecule has 0 aromatic heterocycles. The zero-order valence-corrected chi connectivity index (χ0v) is 37.5. The van der Waals surface area contributed by atoms with Gasteiger partial charge in [0.1, 0.15) is 19.8 Å². The molecule has 0 aromatic rings. The van der Waals surface area contributed by atoms with E-state index in [0.29, 0.717) is 17.4 Å². The second-order valence-electron chi connectivity index (χ2n) is 16.1. The number of unbranched alkanes of at least 4 members (excludes halogenated alkanes) is 18. The highest BCUT2D eigenvalue weighted by Crippen LogP contribution is 2.43. The second-order valence-corrected chi connectivity index (χ2v) is 17.5. The minimum atomic E-state index is -4.38. The van der Waals surface area contributed by atoms with Crippen LogP contribution in [-0.4, -0.2) is 74.9 Å². The van der Waals surface area contributed by atoms with Gasteiger partial charge in [-0.15, -0.1) is 0 Å². The minimum absolute atomic E-state index is 0.0244. The van der Waals surface area contributed by atoms with Crippen LogP contribution in [0.3, 0.4) is 0 Å². The third kappa shape index (κ3) is 41.6. The molecule has 0 rings (SSSR count). The van der Waals surface area contributed by atoms with Crippen molar-refractivity contribution >= 4 is 19.8 Å². The fourth-order valence-electron chi connectivity index (χ4n) is 5.78. The van der Waals surface area contributed by atoms with Crippen molar-refractivity contribution in [3.8, 4) is 0 Å². The first-order valence-electron chi connectivity index (χ1n) is 22.4. The number of likely N-dealkylation sites (N-methyl/N-ethyl adjacent to an activating group) is 1. The molecule has 0 aliphatic carbocycles. The fourth-order valence-corrected chi connectivity index (χ4v) is 6.52. The molecular weight excluding hydrogens is 725 g/mol. The third-order valence-electron chi connectivity index (χ3n) is 9.33. The second kappa shape index (κ2) is 38.5. The summed E-state index contributed by atoms with van der Waals surface area (Å²) in [6, 6.07) is 0. The van der Waals surface area contributed by atoms with Crippen molar-refractivity contribution in [2.45, 2.75) is 187 Å². The zero-order valence-electron chi connectivity index (χ0n) is 36.6. The molecule has 0 amide bonds. The summed E-state index contributed by atoms with van der Waals surface area (Å²) in [5, 5.41) is 0. The van der Waals surface area contributed by atoms with Crippen LogP contribution in [0.15, 0.2) is 48.6 Å². The van der Waals surface area contributed by atoms with Crippen LogP contribution in [0.2, 0.25) is 0 Å². The Morgan fingerprint density at radius 1 is 0.554 bits per heavy atom. The number of hydrogen-bond acceptors (Lipinski definition) is 7. The number of hydrogen-bond donors (Lipinski definition) is 1. The van der Waals surface area contributed by atoms with Crippen LogP contribution in [0.4, 0.5) is 0 Å². The third-order valence-corrected chi connectivity index (χ3v) is 10.3. The van der Waals surface area contributed by atoms with Gasteiger partial charge in [-0.25, -0.2) is 4.57 Å². The van der Waals surface area contributed by atoms with E-state index in [1.165, 1.54) is 70.6 Å². The SMILES string of the molecule is CCCCC/C=C/C/C=C/C/C=C/CCCCCCC(=O)O[C@H](COC(=O)CCCCCCC/C=C/CCCCCCCC)COP(=O)(O)OCC[N+](C)(C)C. The Labute approximate surface area is 343 Å². The van der Waals surface area contributed by atoms with Gasteiger partial charge in [0.15, 0.2) is 6.10 Å². The molecule has 9 nitrogen and oxygen atoms in total. The largest absolute Gasteiger partial charge is 0.472 e. The Kier molecular flexibility index (Phi) is 37.1. The first-order valence-corrected chi connectivity index (χ1v) is 23.9. The smallest absolute Gasteiger partial charge is 0.462 e. The predicted octanol–water partition coefficient (Wildman–Crippen LogP) is 12.7. The lowest BCUT2D eigenvalue weighted by Crippen LogP contribution is -2.37. The van der Waals surface area contributed by atoms with Crippen molar-refractivity contribution in [2.75, 3.05) is 47.5 Å². The molecular formula is C46H85NO8P+. The van der Waals surface area contributed by atoms with Gasteiger partial charge in [0.05, 0.1) is 27.7 Å². The fraction of sp³-hybridized carbons (Fsp3) is 0.783. The number of ether oxygens (including phenoxy) is 2. The van der Waals surface area contributed by atoms with Crippen LogP contribution in [0.25, 0.3) is 0 Å². The molecule has 0 saturated heterocycles. The van der Waals surface area contributed by atoms with Crippen molar-refractivity contribution < 1.29 is 42.1 Å². The summed E-state index contributed by atoms with van der Waals surface area (Å²) in [7, 11) is 1.45. The molecule has 1 unspecified atom stereocenters. The van der Waals surface area contributed by atoms with E-state index in [1.54, 1.807) is 0 Å². The van der Waals surface area contributed by atoms with Crippen LogP contribution in [0.5, 0.6) is 0 Å². The summed E-state index contributed by atoms with van der Waals surface area (Å²) in [5.41, 5.74) is 0. The Balaban J connectivity index is 4.42. The van der Waals surface area contributed by atoms with E-state index in [-0.39, 0.29) is 32.0 Å². The first kappa shape index (κ1) is 54.0. The molecule has 0 aliphatic heterocycles. The molecule has 0 spiro atoms. The van der Waals surface area contributed by atoms with Gasteiger partial charge < -0.3 is 18.9 Å². The van der Waals surface area contributed by atoms with Crippen molar-refractivity contribution in [3.63, 3.8) is 0 Å². The zero-order chi connectivity index (χ0) is 41.4. The summed E-state index contributed by atoms with van der Waals surface area (Å²) in [4.78, 5) is 35.4. The van der Waals surface area contributed by atoms with Gasteiger partial charge in [-0.05, 0) is 77.0 Å². The molecule has 1 N–H and O–H groups in total. The van der Waals surface area contributed by atoms with E-state index in [0.717, 1.165) is 77.0 Å². The molecule has 0 aliphatic rings. The molecule has 0 heterocycles. The Morgan fingerprint density at radius 2 is 0.964 bits per heavy atom. The summed E-state index contributed by atoms with van der Waals surface area (Å²) in [6.45, 7) is 4.35. The number of nitrogens with zero attached hydrogens (tertiary/aromatic N) is 1. The molecule has 0 saturated carbocycles. The average Bonchev–Trinajstić information content (AvgIpc) is 3.15. The standard InChI is InChI=1S/C46H84NO8P/c1-6-8-10-12-14-16-18-20-22-23-25-27-29-31-33-35-37-39-46(49)55-44(43-54-56(50,51)53-41-40-47(3,4)5)42-52-45(48)38-36-34-32-30-28-26-24-21-19-17-15-13-11-9-7-2/h14,16,20-22,24-25,27,44H,6-13,15,17-19,23,26,28-43H2,1-5H3/p+1/b16-14+,22-20+,24-21+,27-25+/t44-/m1/s1. The van der Waals surface area contributed by atoms with Crippen molar-refractivity contribution in [3.05, 3.63) is 48.6 Å². The quantitative estimate of drug-likeness (QED) is 0.0214. The lowest BCUT2D eigenvalue weighted by Gasteiger charge is -2.24. The van der Waals surface area contributed by atoms with Crippen LogP contribution in [0.1, 0.15) is 181 Å². The average molecular weight is 811 g/mol. The Morgan fingerprint density at radius 3 is 1.48 bits per heavy atom. The minimum Gasteiger partial charge on any atom is -0.462 e. The predicted molar refractivity (Wildman–Crippen MR) is 233 cm³/mol. The number of allylic oxidation sites excluding steroid dienone is 8. The number of quaternary nitrogens is 1. The monoisotopic (exact) mass is 811 g/mol. The van der Waals surface area contributed by atoms with Gasteiger partial charge in [0.2, 0.25) is 0 Å². The molecule has 0 aromatic carbocycles. The van der Waals surface area contributed by atoms with E-state index in [9.17, 15) is 19.0 Å². The number of phosphoric acid groups is 1. The van der Waals surface area contributed by atoms with E-state index in [2.05, 4.69) is 62.5 Å². The Bertz CT molecular complexity index is 1100. The number of carbonyl (C=O) groups is 2. The lowest BCUT2D eigenvalue weighted by atomic mass is 10.1. The maximum atomic E-state index is 12.7. The lowest BCUT2D eigenvalue weighted by molar-refractivity contribution is -0.870. The molecule has 326 valence electrons. The highest BCUT2D eigenvalue weighted by Gasteiger charge is 2.27. The van der Waals surface area contributed by atoms with Crippen molar-refractivity contribution in [2.24, 2.45) is 0 Å². The van der Waals surface area contributed by atoms with Gasteiger partial charge >= 0.3 is 19.8 Å². The normalized spacial score (nSPS) is 14.0. The van der Waals surface area contributed by atoms with E-state index in [4.69, 9.17) is 18.5 Å². The number of esters is 2. The molecule has 0 bridgehead atoms. The summed E-state index contributed by atoms with van der Waals surface area (Å²) < 4.78 is 34.3.